The molecule has 23 heavy (non-hydrogen) atoms. The maximum Gasteiger partial charge on any atom is 0.410 e. The monoisotopic (exact) mass is 322 g/mol. The zero-order valence-electron chi connectivity index (χ0n) is 15.1. The molecule has 1 unspecified atom stereocenters. The number of aromatic nitrogens is 2. The van der Waals surface area contributed by atoms with Crippen LogP contribution in [0.3, 0.4) is 0 Å². The second-order valence-corrected chi connectivity index (χ2v) is 7.39. The standard InChI is InChI=1S/C17H30N4O2/c1-13-14(12-20(5)19-13)11-18-15-7-6-9-21(10-8-15)16(22)23-17(2,3)4/h12,15,18H,6-11H2,1-5H3. The summed E-state index contributed by atoms with van der Waals surface area (Å²) in [4.78, 5) is 14.0. The van der Waals surface area contributed by atoms with Gasteiger partial charge in [0.25, 0.3) is 0 Å². The Balaban J connectivity index is 1.82. The minimum atomic E-state index is -0.432. The van der Waals surface area contributed by atoms with Crippen molar-refractivity contribution in [2.45, 2.75) is 65.1 Å². The lowest BCUT2D eigenvalue weighted by atomic mass is 10.1. The van der Waals surface area contributed by atoms with E-state index in [1.165, 1.54) is 5.56 Å². The summed E-state index contributed by atoms with van der Waals surface area (Å²) in [5.41, 5.74) is 1.88. The van der Waals surface area contributed by atoms with Crippen LogP contribution in [-0.4, -0.2) is 45.5 Å². The van der Waals surface area contributed by atoms with Gasteiger partial charge >= 0.3 is 6.09 Å². The van der Waals surface area contributed by atoms with E-state index in [0.717, 1.165) is 44.6 Å². The molecule has 130 valence electrons. The molecule has 1 atom stereocenters. The number of carbonyl (C=O) groups excluding carboxylic acids is 1. The van der Waals surface area contributed by atoms with Crippen LogP contribution in [0.4, 0.5) is 4.79 Å². The molecule has 0 bridgehead atoms. The minimum Gasteiger partial charge on any atom is -0.444 e. The van der Waals surface area contributed by atoms with Gasteiger partial charge in [0.1, 0.15) is 5.60 Å². The van der Waals surface area contributed by atoms with Crippen molar-refractivity contribution >= 4 is 6.09 Å². The maximum absolute atomic E-state index is 12.2. The number of nitrogens with zero attached hydrogens (tertiary/aromatic N) is 3. The summed E-state index contributed by atoms with van der Waals surface area (Å²) < 4.78 is 7.32. The molecule has 1 aliphatic heterocycles. The molecule has 1 N–H and O–H groups in total. The molecule has 6 nitrogen and oxygen atoms in total. The van der Waals surface area contributed by atoms with Gasteiger partial charge in [0.05, 0.1) is 5.69 Å². The van der Waals surface area contributed by atoms with Crippen molar-refractivity contribution in [2.75, 3.05) is 13.1 Å². The molecule has 1 aliphatic rings. The molecule has 0 aromatic carbocycles. The van der Waals surface area contributed by atoms with Crippen LogP contribution in [0.1, 0.15) is 51.3 Å². The van der Waals surface area contributed by atoms with Gasteiger partial charge in [0, 0.05) is 44.5 Å². The predicted octanol–water partition coefficient (Wildman–Crippen LogP) is 2.61. The first-order chi connectivity index (χ1) is 10.7. The molecule has 1 fully saturated rings. The Labute approximate surface area is 139 Å². The Hall–Kier alpha value is -1.56. The smallest absolute Gasteiger partial charge is 0.410 e. The van der Waals surface area contributed by atoms with E-state index in [1.54, 1.807) is 0 Å². The number of hydrogen-bond donors (Lipinski definition) is 1. The summed E-state index contributed by atoms with van der Waals surface area (Å²) in [7, 11) is 1.95. The fraction of sp³-hybridized carbons (Fsp3) is 0.765. The normalized spacial score (nSPS) is 19.5. The SMILES string of the molecule is Cc1nn(C)cc1CNC1CCCN(C(=O)OC(C)(C)C)CC1. The second kappa shape index (κ2) is 7.34. The third-order valence-electron chi connectivity index (χ3n) is 4.08. The molecular formula is C17H30N4O2. The second-order valence-electron chi connectivity index (χ2n) is 7.39. The van der Waals surface area contributed by atoms with Crippen LogP contribution in [-0.2, 0) is 18.3 Å². The molecule has 0 radical (unpaired) electrons. The highest BCUT2D eigenvalue weighted by atomic mass is 16.6. The molecule has 1 amide bonds. The number of hydrogen-bond acceptors (Lipinski definition) is 4. The van der Waals surface area contributed by atoms with Crippen LogP contribution in [0.15, 0.2) is 6.20 Å². The summed E-state index contributed by atoms with van der Waals surface area (Å²) in [5, 5.41) is 7.98. The van der Waals surface area contributed by atoms with Crippen LogP contribution in [0.2, 0.25) is 0 Å². The average molecular weight is 322 g/mol. The Bertz CT molecular complexity index is 533. The summed E-state index contributed by atoms with van der Waals surface area (Å²) in [6, 6.07) is 0.432. The lowest BCUT2D eigenvalue weighted by Gasteiger charge is -2.26. The van der Waals surface area contributed by atoms with Crippen LogP contribution >= 0.6 is 0 Å². The molecule has 1 aromatic rings. The number of rotatable bonds is 3. The number of likely N-dealkylation sites (tertiary alicyclic amines) is 1. The average Bonchev–Trinajstić information content (AvgIpc) is 2.63. The van der Waals surface area contributed by atoms with Crippen LogP contribution in [0, 0.1) is 6.92 Å². The molecule has 1 saturated heterocycles. The van der Waals surface area contributed by atoms with Crippen LogP contribution < -0.4 is 5.32 Å². The van der Waals surface area contributed by atoms with E-state index in [0.29, 0.717) is 6.04 Å². The molecule has 2 heterocycles. The molecule has 0 spiro atoms. The number of ether oxygens (including phenoxy) is 1. The lowest BCUT2D eigenvalue weighted by molar-refractivity contribution is 0.0256. The van der Waals surface area contributed by atoms with Crippen molar-refractivity contribution in [3.8, 4) is 0 Å². The topological polar surface area (TPSA) is 59.4 Å². The van der Waals surface area contributed by atoms with Gasteiger partial charge in [-0.1, -0.05) is 0 Å². The summed E-state index contributed by atoms with van der Waals surface area (Å²) in [6.45, 7) is 10.1. The molecule has 0 saturated carbocycles. The Morgan fingerprint density at radius 3 is 2.74 bits per heavy atom. The zero-order chi connectivity index (χ0) is 17.0. The predicted molar refractivity (Wildman–Crippen MR) is 90.2 cm³/mol. The highest BCUT2D eigenvalue weighted by Crippen LogP contribution is 2.16. The van der Waals surface area contributed by atoms with Gasteiger partial charge in [-0.15, -0.1) is 0 Å². The van der Waals surface area contributed by atoms with E-state index < -0.39 is 5.60 Å². The first kappa shape index (κ1) is 17.8. The summed E-state index contributed by atoms with van der Waals surface area (Å²) in [6.07, 6.45) is 4.91. The van der Waals surface area contributed by atoms with Crippen molar-refractivity contribution in [2.24, 2.45) is 7.05 Å². The van der Waals surface area contributed by atoms with E-state index in [-0.39, 0.29) is 6.09 Å². The van der Waals surface area contributed by atoms with Crippen molar-refractivity contribution in [1.29, 1.82) is 0 Å². The first-order valence-electron chi connectivity index (χ1n) is 8.45. The van der Waals surface area contributed by atoms with E-state index in [9.17, 15) is 4.79 Å². The van der Waals surface area contributed by atoms with Crippen LogP contribution in [0.25, 0.3) is 0 Å². The van der Waals surface area contributed by atoms with Gasteiger partial charge in [0.15, 0.2) is 0 Å². The summed E-state index contributed by atoms with van der Waals surface area (Å²) >= 11 is 0. The minimum absolute atomic E-state index is 0.193. The van der Waals surface area contributed by atoms with E-state index >= 15 is 0 Å². The fourth-order valence-electron chi connectivity index (χ4n) is 2.89. The molecule has 0 aliphatic carbocycles. The highest BCUT2D eigenvalue weighted by Gasteiger charge is 2.25. The van der Waals surface area contributed by atoms with Crippen molar-refractivity contribution in [3.05, 3.63) is 17.5 Å². The Kier molecular flexibility index (Phi) is 5.68. The number of amides is 1. The Morgan fingerprint density at radius 1 is 1.39 bits per heavy atom. The first-order valence-corrected chi connectivity index (χ1v) is 8.45. The molecule has 6 heteroatoms. The third-order valence-corrected chi connectivity index (χ3v) is 4.08. The van der Waals surface area contributed by atoms with E-state index in [2.05, 4.69) is 16.6 Å². The quantitative estimate of drug-likeness (QED) is 0.929. The molecule has 1 aromatic heterocycles. The van der Waals surface area contributed by atoms with E-state index in [4.69, 9.17) is 4.74 Å². The van der Waals surface area contributed by atoms with Gasteiger partial charge in [-0.2, -0.15) is 5.10 Å². The largest absolute Gasteiger partial charge is 0.444 e. The van der Waals surface area contributed by atoms with Gasteiger partial charge in [0.2, 0.25) is 0 Å². The zero-order valence-corrected chi connectivity index (χ0v) is 15.1. The number of nitrogens with one attached hydrogen (secondary N) is 1. The highest BCUT2D eigenvalue weighted by molar-refractivity contribution is 5.68. The van der Waals surface area contributed by atoms with Gasteiger partial charge in [-0.05, 0) is 47.0 Å². The maximum atomic E-state index is 12.2. The molecular weight excluding hydrogens is 292 g/mol. The number of aryl methyl sites for hydroxylation is 2. The van der Waals surface area contributed by atoms with Crippen molar-refractivity contribution < 1.29 is 9.53 Å². The van der Waals surface area contributed by atoms with Crippen molar-refractivity contribution in [1.82, 2.24) is 20.0 Å². The van der Waals surface area contributed by atoms with Gasteiger partial charge in [-0.25, -0.2) is 4.79 Å². The van der Waals surface area contributed by atoms with Gasteiger partial charge in [-0.3, -0.25) is 4.68 Å². The Morgan fingerprint density at radius 2 is 2.13 bits per heavy atom. The van der Waals surface area contributed by atoms with Gasteiger partial charge < -0.3 is 15.0 Å². The third kappa shape index (κ3) is 5.53. The van der Waals surface area contributed by atoms with Crippen molar-refractivity contribution in [3.63, 3.8) is 0 Å². The van der Waals surface area contributed by atoms with Crippen LogP contribution in [0.5, 0.6) is 0 Å². The van der Waals surface area contributed by atoms with E-state index in [1.807, 2.05) is 44.3 Å². The lowest BCUT2D eigenvalue weighted by Crippen LogP contribution is -2.38. The summed E-state index contributed by atoms with van der Waals surface area (Å²) in [5.74, 6) is 0. The fourth-order valence-corrected chi connectivity index (χ4v) is 2.89. The number of carbonyl (C=O) groups is 1. The molecule has 2 rings (SSSR count).